The summed E-state index contributed by atoms with van der Waals surface area (Å²) in [6.45, 7) is 0.326. The molecule has 0 aliphatic heterocycles. The summed E-state index contributed by atoms with van der Waals surface area (Å²) in [5.41, 5.74) is 1.50. The van der Waals surface area contributed by atoms with E-state index in [1.54, 1.807) is 50.7 Å². The van der Waals surface area contributed by atoms with Crippen molar-refractivity contribution in [3.05, 3.63) is 53.6 Å². The first-order valence-electron chi connectivity index (χ1n) is 10.5. The number of nitrogens with one attached hydrogen (secondary N) is 1. The number of rotatable bonds is 4. The Morgan fingerprint density at radius 1 is 0.828 bits per heavy atom. The van der Waals surface area contributed by atoms with Gasteiger partial charge in [0, 0.05) is 17.8 Å². The molecular weight excluding hydrogens is 366 g/mol. The molecule has 4 aliphatic carbocycles. The minimum absolute atomic E-state index is 0.0795. The molecule has 0 atom stereocenters. The van der Waals surface area contributed by atoms with E-state index in [1.165, 1.54) is 54.0 Å². The molecule has 5 heteroatoms. The Bertz CT molecular complexity index is 805. The molecule has 4 saturated carbocycles. The molecule has 0 unspecified atom stereocenters. The Morgan fingerprint density at radius 2 is 1.34 bits per heavy atom. The minimum Gasteiger partial charge on any atom is -0.508 e. The average molecular weight is 395 g/mol. The van der Waals surface area contributed by atoms with Gasteiger partial charge in [0.05, 0.1) is 5.56 Å². The van der Waals surface area contributed by atoms with Gasteiger partial charge in [0.15, 0.2) is 0 Å². The van der Waals surface area contributed by atoms with Crippen LogP contribution in [-0.4, -0.2) is 21.3 Å². The largest absolute Gasteiger partial charge is 0.508 e. The third-order valence-electron chi connectivity index (χ3n) is 6.68. The van der Waals surface area contributed by atoms with Crippen LogP contribution in [0.5, 0.6) is 11.5 Å². The zero-order valence-corrected chi connectivity index (χ0v) is 16.6. The van der Waals surface area contributed by atoms with Crippen LogP contribution in [0.2, 0.25) is 0 Å². The Balaban J connectivity index is 0.000000168. The molecule has 0 amide bonds. The lowest BCUT2D eigenvalue weighted by atomic mass is 9.56. The number of carbonyl (C=O) groups is 1. The predicted octanol–water partition coefficient (Wildman–Crippen LogP) is 5.24. The number of anilines is 1. The molecule has 0 saturated heterocycles. The smallest absolute Gasteiger partial charge is 0.335 e. The van der Waals surface area contributed by atoms with Crippen molar-refractivity contribution in [1.82, 2.24) is 0 Å². The van der Waals surface area contributed by atoms with Crippen molar-refractivity contribution in [2.45, 2.75) is 45.1 Å². The van der Waals surface area contributed by atoms with Crippen LogP contribution in [0.1, 0.15) is 54.4 Å². The van der Waals surface area contributed by atoms with Gasteiger partial charge in [0.25, 0.3) is 0 Å². The molecule has 5 nitrogen and oxygen atoms in total. The summed E-state index contributed by atoms with van der Waals surface area (Å²) in [6.07, 6.45) is 9.62. The molecule has 29 heavy (non-hydrogen) atoms. The van der Waals surface area contributed by atoms with E-state index in [0.29, 0.717) is 12.1 Å². The van der Waals surface area contributed by atoms with Crippen LogP contribution >= 0.6 is 0 Å². The normalized spacial score (nSPS) is 26.5. The molecule has 2 aromatic rings. The zero-order chi connectivity index (χ0) is 20.4. The van der Waals surface area contributed by atoms with Gasteiger partial charge in [0.1, 0.15) is 11.5 Å². The van der Waals surface area contributed by atoms with Crippen molar-refractivity contribution in [3.8, 4) is 11.5 Å². The van der Waals surface area contributed by atoms with Crippen LogP contribution in [0.3, 0.4) is 0 Å². The SMILES string of the molecule is C1C2CC3CC1CC(C2)C3.O=C(O)c1ccc(NCc2cc(O)ccc2O)cc1. The fourth-order valence-corrected chi connectivity index (χ4v) is 5.62. The van der Waals surface area contributed by atoms with Gasteiger partial charge in [0.2, 0.25) is 0 Å². The van der Waals surface area contributed by atoms with Crippen LogP contribution in [-0.2, 0) is 6.54 Å². The van der Waals surface area contributed by atoms with Gasteiger partial charge in [-0.3, -0.25) is 0 Å². The zero-order valence-electron chi connectivity index (χ0n) is 16.6. The van der Waals surface area contributed by atoms with E-state index in [0.717, 1.165) is 5.69 Å². The second-order valence-electron chi connectivity index (χ2n) is 8.93. The third kappa shape index (κ3) is 4.84. The molecular formula is C24H29NO4. The summed E-state index contributed by atoms with van der Waals surface area (Å²) in [5, 5.41) is 30.7. The van der Waals surface area contributed by atoms with E-state index in [2.05, 4.69) is 5.32 Å². The maximum absolute atomic E-state index is 10.7. The number of phenols is 2. The van der Waals surface area contributed by atoms with Crippen molar-refractivity contribution in [3.63, 3.8) is 0 Å². The summed E-state index contributed by atoms with van der Waals surface area (Å²) >= 11 is 0. The standard InChI is InChI=1S/C14H13NO4.C10H16/c16-12-5-6-13(17)10(7-12)8-15-11-3-1-9(2-4-11)14(18)19;1-7-2-9-4-8(1)5-10(3-7)6-9/h1-7,15-17H,8H2,(H,18,19);7-10H,1-6H2. The van der Waals surface area contributed by atoms with Crippen LogP contribution < -0.4 is 5.32 Å². The van der Waals surface area contributed by atoms with Crippen LogP contribution in [0, 0.1) is 23.7 Å². The van der Waals surface area contributed by atoms with Gasteiger partial charge in [-0.2, -0.15) is 0 Å². The number of hydrogen-bond acceptors (Lipinski definition) is 4. The highest BCUT2D eigenvalue weighted by Gasteiger charge is 2.41. The highest BCUT2D eigenvalue weighted by atomic mass is 16.4. The average Bonchev–Trinajstić information content (AvgIpc) is 2.68. The maximum Gasteiger partial charge on any atom is 0.335 e. The van der Waals surface area contributed by atoms with Crippen molar-refractivity contribution < 1.29 is 20.1 Å². The van der Waals surface area contributed by atoms with E-state index in [-0.39, 0.29) is 17.1 Å². The lowest BCUT2D eigenvalue weighted by Gasteiger charge is -2.49. The van der Waals surface area contributed by atoms with Crippen molar-refractivity contribution in [1.29, 1.82) is 0 Å². The van der Waals surface area contributed by atoms with E-state index in [1.807, 2.05) is 0 Å². The number of carboxylic acids is 1. The van der Waals surface area contributed by atoms with Crippen LogP contribution in [0.25, 0.3) is 0 Å². The van der Waals surface area contributed by atoms with Gasteiger partial charge >= 0.3 is 5.97 Å². The molecule has 4 bridgehead atoms. The van der Waals surface area contributed by atoms with Gasteiger partial charge in [-0.1, -0.05) is 0 Å². The first kappa shape index (κ1) is 19.6. The summed E-state index contributed by atoms with van der Waals surface area (Å²) < 4.78 is 0. The van der Waals surface area contributed by atoms with Gasteiger partial charge in [-0.25, -0.2) is 4.79 Å². The number of carboxylic acid groups (broad SMARTS) is 1. The number of aromatic hydroxyl groups is 2. The monoisotopic (exact) mass is 395 g/mol. The fraction of sp³-hybridized carbons (Fsp3) is 0.458. The number of phenolic OH excluding ortho intramolecular Hbond substituents is 2. The van der Waals surface area contributed by atoms with Gasteiger partial charge < -0.3 is 20.6 Å². The first-order chi connectivity index (χ1) is 14.0. The second kappa shape index (κ2) is 8.36. The Morgan fingerprint density at radius 3 is 1.83 bits per heavy atom. The lowest BCUT2D eigenvalue weighted by molar-refractivity contribution is 0.0198. The second-order valence-corrected chi connectivity index (χ2v) is 8.93. The number of hydrogen-bond donors (Lipinski definition) is 4. The van der Waals surface area contributed by atoms with Crippen LogP contribution in [0.15, 0.2) is 42.5 Å². The quantitative estimate of drug-likeness (QED) is 0.532. The summed E-state index contributed by atoms with van der Waals surface area (Å²) in [7, 11) is 0. The summed E-state index contributed by atoms with van der Waals surface area (Å²) in [6, 6.07) is 10.6. The predicted molar refractivity (Wildman–Crippen MR) is 112 cm³/mol. The van der Waals surface area contributed by atoms with Gasteiger partial charge in [-0.15, -0.1) is 0 Å². The molecule has 0 heterocycles. The van der Waals surface area contributed by atoms with Crippen molar-refractivity contribution in [2.75, 3.05) is 5.32 Å². The molecule has 0 radical (unpaired) electrons. The van der Waals surface area contributed by atoms with E-state index >= 15 is 0 Å². The van der Waals surface area contributed by atoms with Crippen LogP contribution in [0.4, 0.5) is 5.69 Å². The third-order valence-corrected chi connectivity index (χ3v) is 6.68. The lowest BCUT2D eigenvalue weighted by Crippen LogP contribution is -2.38. The molecule has 154 valence electrons. The Labute approximate surface area is 171 Å². The number of benzene rings is 2. The highest BCUT2D eigenvalue weighted by molar-refractivity contribution is 5.88. The molecule has 0 aromatic heterocycles. The topological polar surface area (TPSA) is 89.8 Å². The maximum atomic E-state index is 10.7. The van der Waals surface area contributed by atoms with Gasteiger partial charge in [-0.05, 0) is 105 Å². The minimum atomic E-state index is -0.975. The fourth-order valence-electron chi connectivity index (χ4n) is 5.62. The Hall–Kier alpha value is -2.69. The van der Waals surface area contributed by atoms with E-state index in [9.17, 15) is 15.0 Å². The molecule has 6 rings (SSSR count). The molecule has 4 aliphatic rings. The molecule has 4 fully saturated rings. The Kier molecular flexibility index (Phi) is 5.65. The van der Waals surface area contributed by atoms with E-state index < -0.39 is 5.97 Å². The van der Waals surface area contributed by atoms with Crippen molar-refractivity contribution >= 4 is 11.7 Å². The summed E-state index contributed by atoms with van der Waals surface area (Å²) in [4.78, 5) is 10.7. The highest BCUT2D eigenvalue weighted by Crippen LogP contribution is 2.53. The van der Waals surface area contributed by atoms with Crippen molar-refractivity contribution in [2.24, 2.45) is 23.7 Å². The first-order valence-corrected chi connectivity index (χ1v) is 10.5. The molecule has 4 N–H and O–H groups in total. The van der Waals surface area contributed by atoms with E-state index in [4.69, 9.17) is 5.11 Å². The molecule has 2 aromatic carbocycles. The molecule has 0 spiro atoms. The number of aromatic carboxylic acids is 1. The summed E-state index contributed by atoms with van der Waals surface area (Å²) in [5.74, 6) is 3.90.